The fourth-order valence-electron chi connectivity index (χ4n) is 3.85. The van der Waals surface area contributed by atoms with E-state index >= 15 is 0 Å². The number of hydrogen-bond acceptors (Lipinski definition) is 6. The molecule has 0 aliphatic carbocycles. The lowest BCUT2D eigenvalue weighted by Crippen LogP contribution is -2.45. The first-order valence-corrected chi connectivity index (χ1v) is 10.0. The lowest BCUT2D eigenvalue weighted by atomic mass is 10.1. The quantitative estimate of drug-likeness (QED) is 0.710. The summed E-state index contributed by atoms with van der Waals surface area (Å²) in [6.07, 6.45) is 0. The fraction of sp³-hybridized carbons (Fsp3) is 0.333. The summed E-state index contributed by atoms with van der Waals surface area (Å²) in [5.41, 5.74) is 1.74. The molecule has 150 valence electrons. The van der Waals surface area contributed by atoms with Gasteiger partial charge in [-0.3, -0.25) is 14.6 Å². The summed E-state index contributed by atoms with van der Waals surface area (Å²) < 4.78 is 10.8. The molecule has 0 radical (unpaired) electrons. The molecule has 2 aliphatic heterocycles. The SMILES string of the molecule is O=c1[nH]c(CN2CCN(Cc3ccc4c(c3)OCO4)CC2)nc2cc(Cl)ccc12. The van der Waals surface area contributed by atoms with E-state index < -0.39 is 0 Å². The van der Waals surface area contributed by atoms with E-state index in [2.05, 4.69) is 31.9 Å². The van der Waals surface area contributed by atoms with Gasteiger partial charge in [0.05, 0.1) is 17.4 Å². The minimum absolute atomic E-state index is 0.122. The molecule has 2 aromatic carbocycles. The number of nitrogens with one attached hydrogen (secondary N) is 1. The molecule has 7 nitrogen and oxygen atoms in total. The molecule has 5 rings (SSSR count). The van der Waals surface area contributed by atoms with Crippen LogP contribution in [0.25, 0.3) is 10.9 Å². The second kappa shape index (κ2) is 7.67. The van der Waals surface area contributed by atoms with Gasteiger partial charge in [0.1, 0.15) is 5.82 Å². The summed E-state index contributed by atoms with van der Waals surface area (Å²) in [5, 5.41) is 1.14. The molecule has 0 amide bonds. The van der Waals surface area contributed by atoms with Gasteiger partial charge in [0.25, 0.3) is 5.56 Å². The predicted molar refractivity (Wildman–Crippen MR) is 110 cm³/mol. The molecule has 1 N–H and O–H groups in total. The number of rotatable bonds is 4. The topological polar surface area (TPSA) is 70.7 Å². The number of nitrogens with zero attached hydrogens (tertiary/aromatic N) is 3. The molecule has 0 saturated carbocycles. The molecule has 1 fully saturated rings. The zero-order chi connectivity index (χ0) is 19.8. The lowest BCUT2D eigenvalue weighted by Gasteiger charge is -2.34. The molecule has 29 heavy (non-hydrogen) atoms. The van der Waals surface area contributed by atoms with Crippen LogP contribution < -0.4 is 15.0 Å². The molecule has 2 aliphatic rings. The first kappa shape index (κ1) is 18.4. The van der Waals surface area contributed by atoms with Crippen LogP contribution in [0.1, 0.15) is 11.4 Å². The van der Waals surface area contributed by atoms with Gasteiger partial charge >= 0.3 is 0 Å². The maximum absolute atomic E-state index is 12.3. The third kappa shape index (κ3) is 3.94. The second-order valence-electron chi connectivity index (χ2n) is 7.41. The molecular formula is C21H21ClN4O3. The van der Waals surface area contributed by atoms with Crippen molar-refractivity contribution >= 4 is 22.5 Å². The molecule has 0 spiro atoms. The number of fused-ring (bicyclic) bond motifs is 2. The van der Waals surface area contributed by atoms with Crippen molar-refractivity contribution in [3.8, 4) is 11.5 Å². The highest BCUT2D eigenvalue weighted by atomic mass is 35.5. The van der Waals surface area contributed by atoms with Crippen molar-refractivity contribution in [2.75, 3.05) is 33.0 Å². The third-order valence-electron chi connectivity index (χ3n) is 5.40. The van der Waals surface area contributed by atoms with E-state index in [0.717, 1.165) is 44.2 Å². The number of benzene rings is 2. The van der Waals surface area contributed by atoms with Crippen molar-refractivity contribution < 1.29 is 9.47 Å². The summed E-state index contributed by atoms with van der Waals surface area (Å²) in [7, 11) is 0. The van der Waals surface area contributed by atoms with Crippen LogP contribution in [-0.2, 0) is 13.1 Å². The molecular weight excluding hydrogens is 392 g/mol. The van der Waals surface area contributed by atoms with E-state index in [1.54, 1.807) is 18.2 Å². The van der Waals surface area contributed by atoms with E-state index in [1.807, 2.05) is 6.07 Å². The lowest BCUT2D eigenvalue weighted by molar-refractivity contribution is 0.120. The van der Waals surface area contributed by atoms with E-state index in [0.29, 0.717) is 35.1 Å². The zero-order valence-electron chi connectivity index (χ0n) is 15.9. The minimum Gasteiger partial charge on any atom is -0.454 e. The van der Waals surface area contributed by atoms with Crippen LogP contribution in [0.5, 0.6) is 11.5 Å². The highest BCUT2D eigenvalue weighted by Gasteiger charge is 2.20. The molecule has 3 aromatic rings. The van der Waals surface area contributed by atoms with Crippen molar-refractivity contribution in [1.82, 2.24) is 19.8 Å². The summed E-state index contributed by atoms with van der Waals surface area (Å²) in [5.74, 6) is 2.32. The number of hydrogen-bond donors (Lipinski definition) is 1. The fourth-order valence-corrected chi connectivity index (χ4v) is 4.02. The van der Waals surface area contributed by atoms with E-state index in [1.165, 1.54) is 5.56 Å². The highest BCUT2D eigenvalue weighted by Crippen LogP contribution is 2.32. The number of aromatic amines is 1. The van der Waals surface area contributed by atoms with Crippen LogP contribution in [0.2, 0.25) is 5.02 Å². The van der Waals surface area contributed by atoms with Crippen LogP contribution in [-0.4, -0.2) is 52.7 Å². The molecule has 0 unspecified atom stereocenters. The van der Waals surface area contributed by atoms with Gasteiger partial charge in [-0.05, 0) is 35.9 Å². The molecule has 0 bridgehead atoms. The highest BCUT2D eigenvalue weighted by molar-refractivity contribution is 6.31. The van der Waals surface area contributed by atoms with E-state index in [-0.39, 0.29) is 5.56 Å². The van der Waals surface area contributed by atoms with Crippen LogP contribution >= 0.6 is 11.6 Å². The predicted octanol–water partition coefficient (Wildman–Crippen LogP) is 2.62. The standard InChI is InChI=1S/C21H21ClN4O3/c22-15-2-3-16-17(10-15)23-20(24-21(16)27)12-26-7-5-25(6-8-26)11-14-1-4-18-19(9-14)29-13-28-18/h1-4,9-10H,5-8,11-13H2,(H,23,24,27). The Bertz CT molecular complexity index is 1110. The van der Waals surface area contributed by atoms with Crippen molar-refractivity contribution in [1.29, 1.82) is 0 Å². The summed E-state index contributed by atoms with van der Waals surface area (Å²) in [4.78, 5) is 24.5. The van der Waals surface area contributed by atoms with Crippen molar-refractivity contribution in [3.05, 3.63) is 63.2 Å². The van der Waals surface area contributed by atoms with Crippen LogP contribution in [0.15, 0.2) is 41.2 Å². The Labute approximate surface area is 172 Å². The Morgan fingerprint density at radius 3 is 2.55 bits per heavy atom. The first-order valence-electron chi connectivity index (χ1n) is 9.66. The van der Waals surface area contributed by atoms with Gasteiger partial charge in [0, 0.05) is 37.7 Å². The third-order valence-corrected chi connectivity index (χ3v) is 5.63. The van der Waals surface area contributed by atoms with Crippen molar-refractivity contribution in [3.63, 3.8) is 0 Å². The largest absolute Gasteiger partial charge is 0.454 e. The Balaban J connectivity index is 1.21. The van der Waals surface area contributed by atoms with Crippen LogP contribution in [0, 0.1) is 0 Å². The Morgan fingerprint density at radius 2 is 1.72 bits per heavy atom. The monoisotopic (exact) mass is 412 g/mol. The number of H-pyrrole nitrogens is 1. The Hall–Kier alpha value is -2.61. The molecule has 1 saturated heterocycles. The molecule has 3 heterocycles. The summed E-state index contributed by atoms with van der Waals surface area (Å²) >= 11 is 6.05. The van der Waals surface area contributed by atoms with Gasteiger partial charge in [-0.15, -0.1) is 0 Å². The summed E-state index contributed by atoms with van der Waals surface area (Å²) in [6, 6.07) is 11.3. The van der Waals surface area contributed by atoms with E-state index in [9.17, 15) is 4.79 Å². The molecule has 0 atom stereocenters. The molecule has 1 aromatic heterocycles. The number of piperazine rings is 1. The molecule has 8 heteroatoms. The van der Waals surface area contributed by atoms with Gasteiger partial charge < -0.3 is 14.5 Å². The van der Waals surface area contributed by atoms with Crippen LogP contribution in [0.4, 0.5) is 0 Å². The van der Waals surface area contributed by atoms with Crippen molar-refractivity contribution in [2.45, 2.75) is 13.1 Å². The first-order chi connectivity index (χ1) is 14.1. The minimum atomic E-state index is -0.122. The van der Waals surface area contributed by atoms with Gasteiger partial charge in [-0.1, -0.05) is 17.7 Å². The Kier molecular flexibility index (Phi) is 4.87. The number of halogens is 1. The van der Waals surface area contributed by atoms with Crippen LogP contribution in [0.3, 0.4) is 0 Å². The number of aromatic nitrogens is 2. The number of ether oxygens (including phenoxy) is 2. The van der Waals surface area contributed by atoms with Crippen molar-refractivity contribution in [2.24, 2.45) is 0 Å². The summed E-state index contributed by atoms with van der Waals surface area (Å²) in [6.45, 7) is 5.55. The van der Waals surface area contributed by atoms with Gasteiger partial charge in [-0.25, -0.2) is 4.98 Å². The zero-order valence-corrected chi connectivity index (χ0v) is 16.6. The second-order valence-corrected chi connectivity index (χ2v) is 7.85. The Morgan fingerprint density at radius 1 is 0.966 bits per heavy atom. The van der Waals surface area contributed by atoms with Gasteiger partial charge in [0.15, 0.2) is 11.5 Å². The van der Waals surface area contributed by atoms with Gasteiger partial charge in [0.2, 0.25) is 6.79 Å². The van der Waals surface area contributed by atoms with Gasteiger partial charge in [-0.2, -0.15) is 0 Å². The normalized spacial score (nSPS) is 17.1. The average molecular weight is 413 g/mol. The maximum atomic E-state index is 12.3. The smallest absolute Gasteiger partial charge is 0.258 e. The van der Waals surface area contributed by atoms with E-state index in [4.69, 9.17) is 21.1 Å². The maximum Gasteiger partial charge on any atom is 0.258 e. The average Bonchev–Trinajstić information content (AvgIpc) is 3.17.